The van der Waals surface area contributed by atoms with Gasteiger partial charge in [-0.3, -0.25) is 9.36 Å². The largest absolute Gasteiger partial charge is 0.443 e. The number of benzene rings is 2. The lowest BCUT2D eigenvalue weighted by Gasteiger charge is -2.01. The number of hydrogen-bond donors (Lipinski definition) is 0. The van der Waals surface area contributed by atoms with Gasteiger partial charge < -0.3 is 4.42 Å². The topological polar surface area (TPSA) is 57.1 Å². The van der Waals surface area contributed by atoms with Crippen LogP contribution in [0.3, 0.4) is 0 Å². The summed E-state index contributed by atoms with van der Waals surface area (Å²) >= 11 is 11.8. The number of hydrogen-bond acceptors (Lipinski definition) is 3. The second kappa shape index (κ2) is 7.99. The molecule has 5 nitrogen and oxygen atoms in total. The second-order valence-corrected chi connectivity index (χ2v) is 6.97. The Labute approximate surface area is 176 Å². The highest BCUT2D eigenvalue weighted by atomic mass is 35.5. The van der Waals surface area contributed by atoms with E-state index in [0.717, 1.165) is 10.1 Å². The smallest absolute Gasteiger partial charge is 0.340 e. The predicted octanol–water partition coefficient (Wildman–Crippen LogP) is 5.56. The third-order valence-corrected chi connectivity index (χ3v) is 4.71. The van der Waals surface area contributed by atoms with Gasteiger partial charge in [0.05, 0.1) is 5.69 Å². The predicted molar refractivity (Wildman–Crippen MR) is 114 cm³/mol. The van der Waals surface area contributed by atoms with Crippen LogP contribution in [0.15, 0.2) is 88.2 Å². The van der Waals surface area contributed by atoms with Crippen LogP contribution in [0.2, 0.25) is 10.2 Å². The Hall–Kier alpha value is -3.28. The van der Waals surface area contributed by atoms with Gasteiger partial charge in [-0.1, -0.05) is 41.9 Å². The summed E-state index contributed by atoms with van der Waals surface area (Å²) < 4.78 is 7.88. The molecular formula is C22H14Cl2N2O3. The minimum atomic E-state index is -0.512. The number of halogens is 2. The maximum absolute atomic E-state index is 13.0. The number of aromatic nitrogens is 2. The normalized spacial score (nSPS) is 11.2. The highest BCUT2D eigenvalue weighted by Gasteiger charge is 2.20. The molecule has 4 aromatic rings. The van der Waals surface area contributed by atoms with Crippen molar-refractivity contribution < 1.29 is 9.21 Å². The molecule has 2 aromatic carbocycles. The molecule has 0 aliphatic rings. The Morgan fingerprint density at radius 2 is 1.66 bits per heavy atom. The first-order chi connectivity index (χ1) is 14.0. The van der Waals surface area contributed by atoms with Crippen molar-refractivity contribution in [2.45, 2.75) is 0 Å². The first-order valence-corrected chi connectivity index (χ1v) is 9.42. The number of imidazole rings is 1. The van der Waals surface area contributed by atoms with Gasteiger partial charge in [0.15, 0.2) is 11.0 Å². The van der Waals surface area contributed by atoms with E-state index in [2.05, 4.69) is 0 Å². The average molecular weight is 425 g/mol. The fourth-order valence-corrected chi connectivity index (χ4v) is 3.15. The lowest BCUT2D eigenvalue weighted by Crippen LogP contribution is -2.27. The minimum Gasteiger partial charge on any atom is -0.443 e. The molecule has 0 atom stereocenters. The van der Waals surface area contributed by atoms with Gasteiger partial charge in [-0.15, -0.1) is 0 Å². The van der Waals surface area contributed by atoms with Crippen LogP contribution in [0.4, 0.5) is 0 Å². The SMILES string of the molecule is O=C(C=Cc1ccc(Cl)cc1)n1c(-c2ccc(Cl)o2)cn(-c2ccccc2)c1=O. The Morgan fingerprint density at radius 1 is 0.931 bits per heavy atom. The summed E-state index contributed by atoms with van der Waals surface area (Å²) in [5.41, 5.74) is 1.20. The summed E-state index contributed by atoms with van der Waals surface area (Å²) in [4.78, 5) is 26.0. The zero-order chi connectivity index (χ0) is 20.4. The van der Waals surface area contributed by atoms with Crippen LogP contribution in [0.5, 0.6) is 0 Å². The van der Waals surface area contributed by atoms with Crippen molar-refractivity contribution in [3.8, 4) is 17.1 Å². The molecule has 7 heteroatoms. The Bertz CT molecular complexity index is 1250. The fourth-order valence-electron chi connectivity index (χ4n) is 2.87. The molecule has 0 spiro atoms. The summed E-state index contributed by atoms with van der Waals surface area (Å²) in [6, 6.07) is 19.2. The molecule has 0 aliphatic heterocycles. The van der Waals surface area contributed by atoms with E-state index >= 15 is 0 Å². The molecule has 0 N–H and O–H groups in total. The molecule has 0 bridgehead atoms. The zero-order valence-electron chi connectivity index (χ0n) is 15.0. The van der Waals surface area contributed by atoms with Crippen LogP contribution >= 0.6 is 23.2 Å². The molecule has 29 heavy (non-hydrogen) atoms. The van der Waals surface area contributed by atoms with E-state index in [0.29, 0.717) is 22.2 Å². The maximum atomic E-state index is 13.0. The Morgan fingerprint density at radius 3 is 2.31 bits per heavy atom. The number of rotatable bonds is 4. The van der Waals surface area contributed by atoms with Gasteiger partial charge in [0.2, 0.25) is 0 Å². The maximum Gasteiger partial charge on any atom is 0.340 e. The molecule has 0 radical (unpaired) electrons. The molecule has 2 aromatic heterocycles. The van der Waals surface area contributed by atoms with E-state index in [9.17, 15) is 9.59 Å². The van der Waals surface area contributed by atoms with Gasteiger partial charge >= 0.3 is 5.69 Å². The average Bonchev–Trinajstić information content (AvgIpc) is 3.31. The van der Waals surface area contributed by atoms with Crippen LogP contribution in [0.25, 0.3) is 23.2 Å². The highest BCUT2D eigenvalue weighted by Crippen LogP contribution is 2.25. The first kappa shape index (κ1) is 19.1. The van der Waals surface area contributed by atoms with E-state index in [4.69, 9.17) is 27.6 Å². The lowest BCUT2D eigenvalue weighted by atomic mass is 10.2. The van der Waals surface area contributed by atoms with E-state index in [1.165, 1.54) is 10.6 Å². The quantitative estimate of drug-likeness (QED) is 0.403. The lowest BCUT2D eigenvalue weighted by molar-refractivity contribution is 0.0967. The third-order valence-electron chi connectivity index (χ3n) is 4.26. The van der Waals surface area contributed by atoms with Gasteiger partial charge in [0.1, 0.15) is 5.69 Å². The van der Waals surface area contributed by atoms with Crippen molar-refractivity contribution in [2.75, 3.05) is 0 Å². The molecule has 0 amide bonds. The van der Waals surface area contributed by atoms with Crippen molar-refractivity contribution in [3.63, 3.8) is 0 Å². The summed E-state index contributed by atoms with van der Waals surface area (Å²) in [6.45, 7) is 0. The molecule has 2 heterocycles. The van der Waals surface area contributed by atoms with Crippen molar-refractivity contribution in [1.82, 2.24) is 9.13 Å². The first-order valence-electron chi connectivity index (χ1n) is 8.66. The number of para-hydroxylation sites is 1. The summed E-state index contributed by atoms with van der Waals surface area (Å²) in [5, 5.41) is 0.761. The Balaban J connectivity index is 1.80. The Kier molecular flexibility index (Phi) is 5.25. The van der Waals surface area contributed by atoms with Gasteiger partial charge in [-0.2, -0.15) is 0 Å². The summed E-state index contributed by atoms with van der Waals surface area (Å²) in [5.74, 6) is -0.197. The van der Waals surface area contributed by atoms with E-state index < -0.39 is 11.6 Å². The zero-order valence-corrected chi connectivity index (χ0v) is 16.5. The molecule has 0 saturated heterocycles. The van der Waals surface area contributed by atoms with Crippen LogP contribution in [-0.2, 0) is 0 Å². The fraction of sp³-hybridized carbons (Fsp3) is 0. The van der Waals surface area contributed by atoms with Gasteiger partial charge in [0.25, 0.3) is 5.91 Å². The van der Waals surface area contributed by atoms with Crippen molar-refractivity contribution >= 4 is 35.2 Å². The van der Waals surface area contributed by atoms with Crippen LogP contribution in [0.1, 0.15) is 10.4 Å². The van der Waals surface area contributed by atoms with Crippen molar-refractivity contribution in [3.05, 3.63) is 105 Å². The van der Waals surface area contributed by atoms with Crippen LogP contribution in [0, 0.1) is 0 Å². The van der Waals surface area contributed by atoms with Crippen LogP contribution in [-0.4, -0.2) is 15.0 Å². The molecule has 144 valence electrons. The molecular weight excluding hydrogens is 411 g/mol. The van der Waals surface area contributed by atoms with Gasteiger partial charge in [-0.25, -0.2) is 9.36 Å². The number of nitrogens with zero attached hydrogens (tertiary/aromatic N) is 2. The second-order valence-electron chi connectivity index (χ2n) is 6.16. The van der Waals surface area contributed by atoms with Gasteiger partial charge in [-0.05, 0) is 59.6 Å². The van der Waals surface area contributed by atoms with E-state index in [-0.39, 0.29) is 5.22 Å². The van der Waals surface area contributed by atoms with Gasteiger partial charge in [0, 0.05) is 17.3 Å². The monoisotopic (exact) mass is 424 g/mol. The summed E-state index contributed by atoms with van der Waals surface area (Å²) in [7, 11) is 0. The third kappa shape index (κ3) is 3.97. The number of allylic oxidation sites excluding steroid dienone is 1. The van der Waals surface area contributed by atoms with E-state index in [1.807, 2.05) is 18.2 Å². The molecule has 0 aliphatic carbocycles. The van der Waals surface area contributed by atoms with Crippen molar-refractivity contribution in [1.29, 1.82) is 0 Å². The van der Waals surface area contributed by atoms with Crippen molar-refractivity contribution in [2.24, 2.45) is 0 Å². The van der Waals surface area contributed by atoms with Crippen LogP contribution < -0.4 is 5.69 Å². The minimum absolute atomic E-state index is 0.163. The number of carbonyl (C=O) groups is 1. The molecule has 0 saturated carbocycles. The standard InChI is InChI=1S/C22H14Cl2N2O3/c23-16-9-6-15(7-10-16)8-13-21(27)26-18(19-11-12-20(24)29-19)14-25(22(26)28)17-4-2-1-3-5-17/h1-14H. The number of furan rings is 1. The van der Waals surface area contributed by atoms with E-state index in [1.54, 1.807) is 60.8 Å². The number of carbonyl (C=O) groups excluding carboxylic acids is 1. The molecule has 0 unspecified atom stereocenters. The molecule has 4 rings (SSSR count). The highest BCUT2D eigenvalue weighted by molar-refractivity contribution is 6.30. The molecule has 0 fully saturated rings. The summed E-state index contributed by atoms with van der Waals surface area (Å²) in [6.07, 6.45) is 4.50.